The number of rotatable bonds is 8. The summed E-state index contributed by atoms with van der Waals surface area (Å²) in [5.74, 6) is 3.67. The molecule has 1 atom stereocenters. The molecular formula is C28H39N5OS. The molecule has 2 heterocycles. The number of benzene rings is 1. The molecule has 1 aromatic heterocycles. The second kappa shape index (κ2) is 9.89. The van der Waals surface area contributed by atoms with E-state index in [0.29, 0.717) is 0 Å². The van der Waals surface area contributed by atoms with E-state index in [1.165, 1.54) is 63.4 Å². The van der Waals surface area contributed by atoms with Crippen molar-refractivity contribution in [3.05, 3.63) is 41.7 Å². The Bertz CT molecular complexity index is 996. The lowest BCUT2D eigenvalue weighted by Gasteiger charge is -2.57. The number of likely N-dealkylation sites (tertiary alicyclic amines) is 1. The number of thioether (sulfide) groups is 1. The molecule has 188 valence electrons. The summed E-state index contributed by atoms with van der Waals surface area (Å²) in [6, 6.07) is 10.5. The van der Waals surface area contributed by atoms with Crippen molar-refractivity contribution in [2.24, 2.45) is 17.8 Å². The van der Waals surface area contributed by atoms with Crippen molar-refractivity contribution in [3.8, 4) is 0 Å². The van der Waals surface area contributed by atoms with E-state index in [-0.39, 0.29) is 16.7 Å². The van der Waals surface area contributed by atoms with Crippen LogP contribution in [0.1, 0.15) is 76.1 Å². The summed E-state index contributed by atoms with van der Waals surface area (Å²) in [5.41, 5.74) is 1.29. The van der Waals surface area contributed by atoms with Gasteiger partial charge in [-0.3, -0.25) is 9.69 Å². The van der Waals surface area contributed by atoms with Crippen molar-refractivity contribution in [2.45, 2.75) is 93.7 Å². The van der Waals surface area contributed by atoms with Crippen LogP contribution in [0.4, 0.5) is 0 Å². The van der Waals surface area contributed by atoms with Gasteiger partial charge in [-0.15, -0.1) is 10.2 Å². The van der Waals surface area contributed by atoms with E-state index in [4.69, 9.17) is 0 Å². The molecule has 0 spiro atoms. The second-order valence-corrected chi connectivity index (χ2v) is 13.1. The first-order chi connectivity index (χ1) is 17.1. The third-order valence-electron chi connectivity index (χ3n) is 8.87. The topological polar surface area (TPSA) is 63.1 Å². The van der Waals surface area contributed by atoms with E-state index < -0.39 is 0 Å². The Morgan fingerprint density at radius 3 is 2.31 bits per heavy atom. The molecule has 0 radical (unpaired) electrons. The fourth-order valence-electron chi connectivity index (χ4n) is 7.60. The summed E-state index contributed by atoms with van der Waals surface area (Å²) in [4.78, 5) is 15.9. The molecule has 1 aliphatic heterocycles. The SMILES string of the molecule is CC(Sc1nnc(CN2CCCCC2)n1Cc1ccccc1)C(=O)NC12CC3CC(CC(C3)C1)C2. The maximum absolute atomic E-state index is 13.4. The zero-order valence-electron chi connectivity index (χ0n) is 21.0. The maximum atomic E-state index is 13.4. The van der Waals surface area contributed by atoms with E-state index in [0.717, 1.165) is 54.9 Å². The number of amides is 1. The molecule has 1 unspecified atom stereocenters. The lowest BCUT2D eigenvalue weighted by atomic mass is 9.53. The maximum Gasteiger partial charge on any atom is 0.233 e. The van der Waals surface area contributed by atoms with E-state index in [2.05, 4.69) is 55.3 Å². The number of hydrogen-bond acceptors (Lipinski definition) is 5. The van der Waals surface area contributed by atoms with Gasteiger partial charge in [0.1, 0.15) is 5.82 Å². The van der Waals surface area contributed by atoms with Crippen LogP contribution in [0.5, 0.6) is 0 Å². The molecule has 2 aromatic rings. The number of carbonyl (C=O) groups excluding carboxylic acids is 1. The van der Waals surface area contributed by atoms with Gasteiger partial charge in [0.05, 0.1) is 18.3 Å². The molecule has 5 fully saturated rings. The minimum absolute atomic E-state index is 0.0534. The zero-order valence-corrected chi connectivity index (χ0v) is 21.8. The summed E-state index contributed by atoms with van der Waals surface area (Å²) in [7, 11) is 0. The first-order valence-corrected chi connectivity index (χ1v) is 14.6. The number of nitrogens with zero attached hydrogens (tertiary/aromatic N) is 4. The van der Waals surface area contributed by atoms with Gasteiger partial charge in [-0.1, -0.05) is 48.5 Å². The van der Waals surface area contributed by atoms with Crippen molar-refractivity contribution < 1.29 is 4.79 Å². The molecule has 1 saturated heterocycles. The Morgan fingerprint density at radius 1 is 1.00 bits per heavy atom. The van der Waals surface area contributed by atoms with Crippen molar-refractivity contribution in [1.82, 2.24) is 25.0 Å². The number of piperidine rings is 1. The smallest absolute Gasteiger partial charge is 0.233 e. The quantitative estimate of drug-likeness (QED) is 0.531. The molecule has 1 amide bonds. The number of aromatic nitrogens is 3. The fourth-order valence-corrected chi connectivity index (χ4v) is 8.47. The van der Waals surface area contributed by atoms with Gasteiger partial charge < -0.3 is 9.88 Å². The van der Waals surface area contributed by atoms with E-state index in [1.54, 1.807) is 11.8 Å². The van der Waals surface area contributed by atoms with E-state index >= 15 is 0 Å². The normalized spacial score (nSPS) is 30.9. The molecule has 4 saturated carbocycles. The minimum Gasteiger partial charge on any atom is -0.350 e. The van der Waals surface area contributed by atoms with Gasteiger partial charge in [-0.2, -0.15) is 0 Å². The van der Waals surface area contributed by atoms with Crippen molar-refractivity contribution in [3.63, 3.8) is 0 Å². The van der Waals surface area contributed by atoms with Crippen LogP contribution in [0.2, 0.25) is 0 Å². The van der Waals surface area contributed by atoms with Gasteiger partial charge >= 0.3 is 0 Å². The van der Waals surface area contributed by atoms with Crippen molar-refractivity contribution in [2.75, 3.05) is 13.1 Å². The van der Waals surface area contributed by atoms with Crippen LogP contribution in [0.25, 0.3) is 0 Å². The minimum atomic E-state index is -0.190. The van der Waals surface area contributed by atoms with Crippen molar-refractivity contribution in [1.29, 1.82) is 0 Å². The van der Waals surface area contributed by atoms with Crippen LogP contribution in [-0.4, -0.2) is 49.4 Å². The fraction of sp³-hybridized carbons (Fsp3) is 0.679. The molecule has 7 rings (SSSR count). The summed E-state index contributed by atoms with van der Waals surface area (Å²) in [6.45, 7) is 5.86. The number of hydrogen-bond donors (Lipinski definition) is 1. The Balaban J connectivity index is 1.17. The third-order valence-corrected chi connectivity index (χ3v) is 9.95. The lowest BCUT2D eigenvalue weighted by molar-refractivity contribution is -0.126. The molecule has 4 bridgehead atoms. The van der Waals surface area contributed by atoms with Gasteiger partial charge in [0.2, 0.25) is 5.91 Å². The average Bonchev–Trinajstić information content (AvgIpc) is 3.19. The first-order valence-electron chi connectivity index (χ1n) is 13.7. The highest BCUT2D eigenvalue weighted by Gasteiger charge is 2.51. The first kappa shape index (κ1) is 23.5. The summed E-state index contributed by atoms with van der Waals surface area (Å²) in [6.07, 6.45) is 11.6. The van der Waals surface area contributed by atoms with Gasteiger partial charge in [-0.05, 0) is 94.7 Å². The van der Waals surface area contributed by atoms with Crippen LogP contribution < -0.4 is 5.32 Å². The average molecular weight is 494 g/mol. The molecule has 1 N–H and O–H groups in total. The summed E-state index contributed by atoms with van der Waals surface area (Å²) in [5, 5.41) is 13.4. The Hall–Kier alpha value is -1.86. The lowest BCUT2D eigenvalue weighted by Crippen LogP contribution is -2.60. The van der Waals surface area contributed by atoms with Crippen molar-refractivity contribution >= 4 is 17.7 Å². The van der Waals surface area contributed by atoms with E-state index in [9.17, 15) is 4.79 Å². The third kappa shape index (κ3) is 5.17. The van der Waals surface area contributed by atoms with Gasteiger partial charge in [0.25, 0.3) is 0 Å². The van der Waals surface area contributed by atoms with E-state index in [1.807, 2.05) is 6.92 Å². The summed E-state index contributed by atoms with van der Waals surface area (Å²) < 4.78 is 2.24. The highest BCUT2D eigenvalue weighted by molar-refractivity contribution is 8.00. The Kier molecular flexibility index (Phi) is 6.65. The number of carbonyl (C=O) groups is 1. The number of nitrogens with one attached hydrogen (secondary N) is 1. The molecule has 6 nitrogen and oxygen atoms in total. The van der Waals surface area contributed by atoms with Crippen LogP contribution in [0.3, 0.4) is 0 Å². The molecule has 1 aromatic carbocycles. The largest absolute Gasteiger partial charge is 0.350 e. The van der Waals surface area contributed by atoms with Crippen LogP contribution >= 0.6 is 11.8 Å². The van der Waals surface area contributed by atoms with Crippen LogP contribution in [0.15, 0.2) is 35.5 Å². The highest BCUT2D eigenvalue weighted by atomic mass is 32.2. The molecule has 4 aliphatic carbocycles. The Labute approximate surface area is 213 Å². The molecule has 7 heteroatoms. The van der Waals surface area contributed by atoms with Crippen LogP contribution in [0, 0.1) is 17.8 Å². The molecular weight excluding hydrogens is 454 g/mol. The Morgan fingerprint density at radius 2 is 1.66 bits per heavy atom. The van der Waals surface area contributed by atoms with Gasteiger partial charge in [-0.25, -0.2) is 0 Å². The van der Waals surface area contributed by atoms with Crippen LogP contribution in [-0.2, 0) is 17.9 Å². The van der Waals surface area contributed by atoms with Gasteiger partial charge in [0.15, 0.2) is 5.16 Å². The predicted molar refractivity (Wildman–Crippen MR) is 139 cm³/mol. The molecule has 5 aliphatic rings. The van der Waals surface area contributed by atoms with Gasteiger partial charge in [0, 0.05) is 5.54 Å². The second-order valence-electron chi connectivity index (χ2n) is 11.8. The predicted octanol–water partition coefficient (Wildman–Crippen LogP) is 4.88. The molecule has 35 heavy (non-hydrogen) atoms. The standard InChI is InChI=1S/C28H39N5OS/c1-20(26(34)29-28-15-22-12-23(16-28)14-24(13-22)17-28)35-27-31-30-25(19-32-10-6-3-7-11-32)33(27)18-21-8-4-2-5-9-21/h2,4-5,8-9,20,22-24H,3,6-7,10-19H2,1H3,(H,29,34). The highest BCUT2D eigenvalue weighted by Crippen LogP contribution is 2.55. The summed E-state index contributed by atoms with van der Waals surface area (Å²) >= 11 is 1.57. The monoisotopic (exact) mass is 493 g/mol. The zero-order chi connectivity index (χ0) is 23.8.